The van der Waals surface area contributed by atoms with E-state index in [2.05, 4.69) is 26.0 Å². The average Bonchev–Trinajstić information content (AvgIpc) is 3.19. The molecule has 0 saturated heterocycles. The minimum absolute atomic E-state index is 0.194. The zero-order valence-electron chi connectivity index (χ0n) is 36.1. The molecule has 0 aliphatic rings. The summed E-state index contributed by atoms with van der Waals surface area (Å²) in [6, 6.07) is 0. The number of ether oxygens (including phenoxy) is 2. The minimum Gasteiger partial charge on any atom is -0.457 e. The topological polar surface area (TPSA) is 149 Å². The Hall–Kier alpha value is -1.29. The molecule has 0 bridgehead atoms. The second-order valence-electron chi connectivity index (χ2n) is 15.7. The molecule has 3 atom stereocenters. The molecule has 0 radical (unpaired) electrons. The fourth-order valence-corrected chi connectivity index (χ4v) is 7.42. The molecular weight excluding hydrogens is 731 g/mol. The summed E-state index contributed by atoms with van der Waals surface area (Å²) in [7, 11) is -4.63. The van der Waals surface area contributed by atoms with E-state index in [-0.39, 0.29) is 12.8 Å². The molecular formula is C45H87O10P. The zero-order valence-corrected chi connectivity index (χ0v) is 37.0. The SMILES string of the molecule is CCCCCCCCCC/C=C\CCCCCCCCCCCC(=O)OC(CO)COP(=O)(O)OCC(CO)OC(=O)CCCCCCCCCCCCCC. The van der Waals surface area contributed by atoms with Crippen LogP contribution in [-0.2, 0) is 32.7 Å². The number of hydrogen-bond donors (Lipinski definition) is 3. The molecule has 0 aromatic heterocycles. The lowest BCUT2D eigenvalue weighted by molar-refractivity contribution is -0.153. The molecule has 0 heterocycles. The van der Waals surface area contributed by atoms with Gasteiger partial charge in [-0.1, -0.05) is 187 Å². The first-order chi connectivity index (χ1) is 27.3. The van der Waals surface area contributed by atoms with Crippen molar-refractivity contribution in [2.75, 3.05) is 26.4 Å². The number of allylic oxidation sites excluding steroid dienone is 2. The van der Waals surface area contributed by atoms with Gasteiger partial charge >= 0.3 is 19.8 Å². The van der Waals surface area contributed by atoms with Crippen LogP contribution in [0.4, 0.5) is 0 Å². The fourth-order valence-electron chi connectivity index (χ4n) is 6.64. The van der Waals surface area contributed by atoms with E-state index in [1.54, 1.807) is 0 Å². The predicted octanol–water partition coefficient (Wildman–Crippen LogP) is 12.4. The molecule has 0 amide bonds. The van der Waals surface area contributed by atoms with Crippen LogP contribution in [0.3, 0.4) is 0 Å². The minimum atomic E-state index is -4.63. The third kappa shape index (κ3) is 39.5. The summed E-state index contributed by atoms with van der Waals surface area (Å²) in [6.45, 7) is 2.23. The van der Waals surface area contributed by atoms with Gasteiger partial charge in [0.25, 0.3) is 0 Å². The van der Waals surface area contributed by atoms with Crippen molar-refractivity contribution in [2.45, 2.75) is 238 Å². The second-order valence-corrected chi connectivity index (χ2v) is 17.2. The Morgan fingerprint density at radius 2 is 0.732 bits per heavy atom. The van der Waals surface area contributed by atoms with Crippen LogP contribution in [0.25, 0.3) is 0 Å². The summed E-state index contributed by atoms with van der Waals surface area (Å²) in [5, 5.41) is 19.2. The maximum atomic E-state index is 12.4. The molecule has 10 nitrogen and oxygen atoms in total. The smallest absolute Gasteiger partial charge is 0.457 e. The van der Waals surface area contributed by atoms with Gasteiger partial charge in [0.1, 0.15) is 12.2 Å². The molecule has 3 unspecified atom stereocenters. The molecule has 0 saturated carbocycles. The van der Waals surface area contributed by atoms with Gasteiger partial charge in [0, 0.05) is 12.8 Å². The van der Waals surface area contributed by atoms with Crippen LogP contribution in [0.1, 0.15) is 226 Å². The number of unbranched alkanes of at least 4 members (excludes halogenated alkanes) is 28. The highest BCUT2D eigenvalue weighted by atomic mass is 31.2. The van der Waals surface area contributed by atoms with Gasteiger partial charge < -0.3 is 24.6 Å². The van der Waals surface area contributed by atoms with Crippen LogP contribution in [0.5, 0.6) is 0 Å². The molecule has 0 aromatic rings. The number of carbonyl (C=O) groups excluding carboxylic acids is 2. The number of phosphoric acid groups is 1. The third-order valence-corrected chi connectivity index (χ3v) is 11.2. The van der Waals surface area contributed by atoms with Gasteiger partial charge in [-0.3, -0.25) is 18.6 Å². The lowest BCUT2D eigenvalue weighted by atomic mass is 10.0. The standard InChI is InChI=1S/C45H87O10P/c1-3-5-7-9-11-13-15-17-18-19-20-21-22-23-24-25-27-29-31-33-35-37-45(49)55-43(39-47)41-53-56(50,51)52-40-42(38-46)54-44(48)36-34-32-30-28-26-16-14-12-10-8-6-4-2/h19-20,42-43,46-47H,3-18,21-41H2,1-2H3,(H,50,51)/b20-19-. The van der Waals surface area contributed by atoms with Gasteiger partial charge in [-0.05, 0) is 38.5 Å². The van der Waals surface area contributed by atoms with Crippen molar-refractivity contribution in [2.24, 2.45) is 0 Å². The van der Waals surface area contributed by atoms with Crippen LogP contribution in [0.2, 0.25) is 0 Å². The van der Waals surface area contributed by atoms with Crippen molar-refractivity contribution >= 4 is 19.8 Å². The van der Waals surface area contributed by atoms with E-state index >= 15 is 0 Å². The fraction of sp³-hybridized carbons (Fsp3) is 0.911. The molecule has 0 fully saturated rings. The number of hydrogen-bond acceptors (Lipinski definition) is 9. The maximum absolute atomic E-state index is 12.4. The quantitative estimate of drug-likeness (QED) is 0.0235. The Morgan fingerprint density at radius 3 is 1.02 bits per heavy atom. The lowest BCUT2D eigenvalue weighted by Crippen LogP contribution is -2.28. The van der Waals surface area contributed by atoms with Gasteiger partial charge in [0.2, 0.25) is 0 Å². The summed E-state index contributed by atoms with van der Waals surface area (Å²) < 4.78 is 32.6. The molecule has 56 heavy (non-hydrogen) atoms. The largest absolute Gasteiger partial charge is 0.472 e. The van der Waals surface area contributed by atoms with Crippen LogP contribution < -0.4 is 0 Å². The first kappa shape index (κ1) is 54.7. The van der Waals surface area contributed by atoms with Crippen LogP contribution in [0, 0.1) is 0 Å². The molecule has 0 aliphatic heterocycles. The van der Waals surface area contributed by atoms with Crippen LogP contribution in [-0.4, -0.2) is 65.7 Å². The monoisotopic (exact) mass is 819 g/mol. The maximum Gasteiger partial charge on any atom is 0.472 e. The molecule has 332 valence electrons. The van der Waals surface area contributed by atoms with Gasteiger partial charge in [-0.25, -0.2) is 4.57 Å². The van der Waals surface area contributed by atoms with Crippen molar-refractivity contribution < 1.29 is 47.8 Å². The Balaban J connectivity index is 3.84. The van der Waals surface area contributed by atoms with Crippen LogP contribution in [0.15, 0.2) is 12.2 Å². The zero-order chi connectivity index (χ0) is 41.2. The summed E-state index contributed by atoms with van der Waals surface area (Å²) in [5.74, 6) is -1.01. The highest BCUT2D eigenvalue weighted by Crippen LogP contribution is 2.43. The van der Waals surface area contributed by atoms with Crippen molar-refractivity contribution in [3.8, 4) is 0 Å². The van der Waals surface area contributed by atoms with E-state index in [1.807, 2.05) is 0 Å². The summed E-state index contributed by atoms with van der Waals surface area (Å²) in [5.41, 5.74) is 0. The number of phosphoric ester groups is 1. The second kappa shape index (κ2) is 41.9. The number of aliphatic hydroxyl groups is 2. The van der Waals surface area contributed by atoms with Crippen molar-refractivity contribution in [3.05, 3.63) is 12.2 Å². The normalized spacial score (nSPS) is 13.9. The predicted molar refractivity (Wildman–Crippen MR) is 229 cm³/mol. The Labute approximate surface area is 343 Å². The summed E-state index contributed by atoms with van der Waals surface area (Å²) in [6.07, 6.45) is 40.4. The Kier molecular flexibility index (Phi) is 40.9. The highest BCUT2D eigenvalue weighted by Gasteiger charge is 2.27. The van der Waals surface area contributed by atoms with Crippen LogP contribution >= 0.6 is 7.82 Å². The van der Waals surface area contributed by atoms with E-state index in [1.165, 1.54) is 148 Å². The number of esters is 2. The number of rotatable bonds is 44. The van der Waals surface area contributed by atoms with E-state index in [0.717, 1.165) is 38.5 Å². The van der Waals surface area contributed by atoms with E-state index < -0.39 is 58.4 Å². The van der Waals surface area contributed by atoms with E-state index in [4.69, 9.17) is 18.5 Å². The summed E-state index contributed by atoms with van der Waals surface area (Å²) in [4.78, 5) is 34.5. The molecule has 0 aromatic carbocycles. The molecule has 3 N–H and O–H groups in total. The van der Waals surface area contributed by atoms with Crippen molar-refractivity contribution in [1.82, 2.24) is 0 Å². The molecule has 11 heteroatoms. The average molecular weight is 819 g/mol. The number of aliphatic hydroxyl groups excluding tert-OH is 2. The van der Waals surface area contributed by atoms with E-state index in [9.17, 15) is 29.3 Å². The van der Waals surface area contributed by atoms with Gasteiger partial charge in [-0.2, -0.15) is 0 Å². The third-order valence-electron chi connectivity index (χ3n) is 10.2. The van der Waals surface area contributed by atoms with Crippen molar-refractivity contribution in [1.29, 1.82) is 0 Å². The molecule has 0 rings (SSSR count). The summed E-state index contributed by atoms with van der Waals surface area (Å²) >= 11 is 0. The van der Waals surface area contributed by atoms with E-state index in [0.29, 0.717) is 12.8 Å². The lowest BCUT2D eigenvalue weighted by Gasteiger charge is -2.20. The Morgan fingerprint density at radius 1 is 0.464 bits per heavy atom. The number of carbonyl (C=O) groups is 2. The highest BCUT2D eigenvalue weighted by molar-refractivity contribution is 7.47. The first-order valence-corrected chi connectivity index (χ1v) is 24.6. The van der Waals surface area contributed by atoms with Gasteiger partial charge in [-0.15, -0.1) is 0 Å². The van der Waals surface area contributed by atoms with Gasteiger partial charge in [0.15, 0.2) is 0 Å². The molecule has 0 aliphatic carbocycles. The molecule has 0 spiro atoms. The Bertz CT molecular complexity index is 946. The first-order valence-electron chi connectivity index (χ1n) is 23.1. The van der Waals surface area contributed by atoms with Gasteiger partial charge in [0.05, 0.1) is 26.4 Å². The van der Waals surface area contributed by atoms with Crippen molar-refractivity contribution in [3.63, 3.8) is 0 Å².